The van der Waals surface area contributed by atoms with Crippen LogP contribution in [0, 0.1) is 0 Å². The number of allylic oxidation sites excluding steroid dienone is 3. The van der Waals surface area contributed by atoms with Gasteiger partial charge in [-0.15, -0.1) is 0 Å². The Hall–Kier alpha value is -1.84. The fourth-order valence-electron chi connectivity index (χ4n) is 0.628. The van der Waals surface area contributed by atoms with E-state index in [4.69, 9.17) is 4.74 Å². The average Bonchev–Trinajstić information content (AvgIpc) is 2.25. The second-order valence-electron chi connectivity index (χ2n) is 2.44. The van der Waals surface area contributed by atoms with Crippen molar-refractivity contribution in [2.75, 3.05) is 13.7 Å². The molecule has 0 aliphatic carbocycles. The van der Waals surface area contributed by atoms with Gasteiger partial charge in [0.05, 0.1) is 7.11 Å². The molecule has 82 valence electrons. The predicted octanol–water partition coefficient (Wildman–Crippen LogP) is 1.39. The lowest BCUT2D eigenvalue weighted by Crippen LogP contribution is -2.02. The Morgan fingerprint density at radius 1 is 1.13 bits per heavy atom. The van der Waals surface area contributed by atoms with Gasteiger partial charge in [-0.05, 0) is 13.0 Å². The lowest BCUT2D eigenvalue weighted by molar-refractivity contribution is -0.138. The fraction of sp³-hybridized carbons (Fsp3) is 0.273. The van der Waals surface area contributed by atoms with E-state index in [1.807, 2.05) is 19.1 Å². The van der Waals surface area contributed by atoms with Gasteiger partial charge >= 0.3 is 11.9 Å². The van der Waals surface area contributed by atoms with Crippen LogP contribution in [0.25, 0.3) is 0 Å². The zero-order valence-electron chi connectivity index (χ0n) is 8.80. The van der Waals surface area contributed by atoms with Crippen molar-refractivity contribution in [2.45, 2.75) is 6.92 Å². The first kappa shape index (κ1) is 13.2. The van der Waals surface area contributed by atoms with Gasteiger partial charge in [-0.25, -0.2) is 9.59 Å². The first-order chi connectivity index (χ1) is 7.20. The van der Waals surface area contributed by atoms with Gasteiger partial charge in [-0.2, -0.15) is 0 Å². The first-order valence-electron chi connectivity index (χ1n) is 4.41. The van der Waals surface area contributed by atoms with Crippen LogP contribution in [-0.2, 0) is 19.1 Å². The van der Waals surface area contributed by atoms with Crippen LogP contribution in [0.4, 0.5) is 0 Å². The summed E-state index contributed by atoms with van der Waals surface area (Å²) in [6.07, 6.45) is 9.15. The SMILES string of the molecule is C/C=C/C=C/COC(=O)/C=C\C(=O)OC. The second-order valence-corrected chi connectivity index (χ2v) is 2.44. The molecule has 0 heterocycles. The van der Waals surface area contributed by atoms with Gasteiger partial charge in [0.2, 0.25) is 0 Å². The molecule has 0 rings (SSSR count). The van der Waals surface area contributed by atoms with Gasteiger partial charge in [0.25, 0.3) is 0 Å². The molecular formula is C11H14O4. The summed E-state index contributed by atoms with van der Waals surface area (Å²) < 4.78 is 9.03. The quantitative estimate of drug-likeness (QED) is 0.391. The van der Waals surface area contributed by atoms with Crippen LogP contribution >= 0.6 is 0 Å². The Kier molecular flexibility index (Phi) is 7.67. The summed E-state index contributed by atoms with van der Waals surface area (Å²) in [5.41, 5.74) is 0. The third kappa shape index (κ3) is 8.49. The van der Waals surface area contributed by atoms with E-state index in [0.717, 1.165) is 12.2 Å². The highest BCUT2D eigenvalue weighted by Gasteiger charge is 1.96. The average molecular weight is 210 g/mol. The van der Waals surface area contributed by atoms with E-state index in [2.05, 4.69) is 4.74 Å². The molecule has 0 fully saturated rings. The Bertz CT molecular complexity index is 287. The highest BCUT2D eigenvalue weighted by molar-refractivity contribution is 5.91. The van der Waals surface area contributed by atoms with Gasteiger partial charge in [-0.1, -0.05) is 18.2 Å². The molecule has 0 bridgehead atoms. The van der Waals surface area contributed by atoms with Crippen LogP contribution < -0.4 is 0 Å². The number of carbonyl (C=O) groups excluding carboxylic acids is 2. The number of rotatable bonds is 5. The van der Waals surface area contributed by atoms with Crippen LogP contribution in [0.3, 0.4) is 0 Å². The van der Waals surface area contributed by atoms with Gasteiger partial charge in [0.1, 0.15) is 6.61 Å². The van der Waals surface area contributed by atoms with Crippen LogP contribution in [0.5, 0.6) is 0 Å². The number of hydrogen-bond acceptors (Lipinski definition) is 4. The number of methoxy groups -OCH3 is 1. The molecule has 0 spiro atoms. The standard InChI is InChI=1S/C11H14O4/c1-3-4-5-6-9-15-11(13)8-7-10(12)14-2/h3-8H,9H2,1-2H3/b4-3+,6-5+,8-7-. The number of hydrogen-bond donors (Lipinski definition) is 0. The molecule has 0 N–H and O–H groups in total. The molecule has 0 aliphatic heterocycles. The third-order valence-corrected chi connectivity index (χ3v) is 1.32. The van der Waals surface area contributed by atoms with Crippen molar-refractivity contribution in [3.63, 3.8) is 0 Å². The molecule has 0 amide bonds. The molecule has 0 saturated heterocycles. The van der Waals surface area contributed by atoms with Gasteiger partial charge in [-0.3, -0.25) is 0 Å². The van der Waals surface area contributed by atoms with Crippen LogP contribution in [0.2, 0.25) is 0 Å². The molecule has 4 nitrogen and oxygen atoms in total. The molecular weight excluding hydrogens is 196 g/mol. The normalized spacial score (nSPS) is 11.3. The number of carbonyl (C=O) groups is 2. The minimum absolute atomic E-state index is 0.175. The molecule has 15 heavy (non-hydrogen) atoms. The second kappa shape index (κ2) is 8.74. The Morgan fingerprint density at radius 2 is 1.80 bits per heavy atom. The summed E-state index contributed by atoms with van der Waals surface area (Å²) in [5.74, 6) is -1.16. The van der Waals surface area contributed by atoms with Crippen LogP contribution in [0.15, 0.2) is 36.5 Å². The summed E-state index contributed by atoms with van der Waals surface area (Å²) in [4.78, 5) is 21.5. The minimum Gasteiger partial charge on any atom is -0.466 e. The van der Waals surface area contributed by atoms with Gasteiger partial charge in [0, 0.05) is 12.2 Å². The summed E-state index contributed by atoms with van der Waals surface area (Å²) >= 11 is 0. The molecule has 4 heteroatoms. The third-order valence-electron chi connectivity index (χ3n) is 1.32. The van der Waals surface area contributed by atoms with Crippen molar-refractivity contribution in [3.8, 4) is 0 Å². The smallest absolute Gasteiger partial charge is 0.331 e. The van der Waals surface area contributed by atoms with Crippen molar-refractivity contribution >= 4 is 11.9 Å². The molecule has 0 aliphatic rings. The molecule has 0 unspecified atom stereocenters. The highest BCUT2D eigenvalue weighted by Crippen LogP contribution is 1.85. The fourth-order valence-corrected chi connectivity index (χ4v) is 0.628. The number of esters is 2. The molecule has 0 atom stereocenters. The summed E-state index contributed by atoms with van der Waals surface area (Å²) in [7, 11) is 1.23. The van der Waals surface area contributed by atoms with Gasteiger partial charge < -0.3 is 9.47 Å². The Balaban J connectivity index is 3.75. The topological polar surface area (TPSA) is 52.6 Å². The maximum absolute atomic E-state index is 10.9. The van der Waals surface area contributed by atoms with Crippen molar-refractivity contribution in [3.05, 3.63) is 36.5 Å². The molecule has 0 aromatic heterocycles. The lowest BCUT2D eigenvalue weighted by atomic mass is 10.4. The van der Waals surface area contributed by atoms with E-state index in [1.54, 1.807) is 12.2 Å². The van der Waals surface area contributed by atoms with E-state index in [-0.39, 0.29) is 6.61 Å². The van der Waals surface area contributed by atoms with Crippen LogP contribution in [-0.4, -0.2) is 25.7 Å². The Labute approximate surface area is 88.9 Å². The van der Waals surface area contributed by atoms with Crippen molar-refractivity contribution in [1.82, 2.24) is 0 Å². The molecule has 0 saturated carbocycles. The molecule has 0 aromatic carbocycles. The van der Waals surface area contributed by atoms with Crippen molar-refractivity contribution < 1.29 is 19.1 Å². The summed E-state index contributed by atoms with van der Waals surface area (Å²) in [6, 6.07) is 0. The largest absolute Gasteiger partial charge is 0.466 e. The molecule has 0 radical (unpaired) electrons. The Morgan fingerprint density at radius 3 is 2.40 bits per heavy atom. The lowest BCUT2D eigenvalue weighted by Gasteiger charge is -1.95. The van der Waals surface area contributed by atoms with E-state index < -0.39 is 11.9 Å². The van der Waals surface area contributed by atoms with Crippen LogP contribution in [0.1, 0.15) is 6.92 Å². The van der Waals surface area contributed by atoms with E-state index in [0.29, 0.717) is 0 Å². The van der Waals surface area contributed by atoms with E-state index in [9.17, 15) is 9.59 Å². The zero-order chi connectivity index (χ0) is 11.5. The highest BCUT2D eigenvalue weighted by atomic mass is 16.5. The maximum atomic E-state index is 10.9. The minimum atomic E-state index is -0.587. The van der Waals surface area contributed by atoms with Gasteiger partial charge in [0.15, 0.2) is 0 Å². The molecule has 0 aromatic rings. The summed E-state index contributed by atoms with van der Waals surface area (Å²) in [5, 5.41) is 0. The zero-order valence-corrected chi connectivity index (χ0v) is 8.80. The number of ether oxygens (including phenoxy) is 2. The summed E-state index contributed by atoms with van der Waals surface area (Å²) in [6.45, 7) is 2.06. The monoisotopic (exact) mass is 210 g/mol. The van der Waals surface area contributed by atoms with Crippen molar-refractivity contribution in [1.29, 1.82) is 0 Å². The maximum Gasteiger partial charge on any atom is 0.331 e. The predicted molar refractivity (Wildman–Crippen MR) is 56.1 cm³/mol. The van der Waals surface area contributed by atoms with E-state index >= 15 is 0 Å². The first-order valence-corrected chi connectivity index (χ1v) is 4.41. The van der Waals surface area contributed by atoms with Crippen molar-refractivity contribution in [2.24, 2.45) is 0 Å². The van der Waals surface area contributed by atoms with E-state index in [1.165, 1.54) is 7.11 Å².